The van der Waals surface area contributed by atoms with Crippen molar-refractivity contribution in [2.45, 2.75) is 5.66 Å². The third-order valence-corrected chi connectivity index (χ3v) is 2.30. The van der Waals surface area contributed by atoms with E-state index >= 15 is 0 Å². The highest BCUT2D eigenvalue weighted by atomic mass is 32.1. The number of benzene rings is 1. The van der Waals surface area contributed by atoms with Gasteiger partial charge in [-0.05, 0) is 0 Å². The van der Waals surface area contributed by atoms with Gasteiger partial charge in [-0.15, -0.1) is 0 Å². The van der Waals surface area contributed by atoms with Crippen LogP contribution in [0.3, 0.4) is 0 Å². The van der Waals surface area contributed by atoms with Crippen molar-refractivity contribution in [1.29, 1.82) is 0 Å². The first-order chi connectivity index (χ1) is 6.37. The summed E-state index contributed by atoms with van der Waals surface area (Å²) >= 11 is 4.95. The molecule has 1 aliphatic rings. The lowest BCUT2D eigenvalue weighted by molar-refractivity contribution is 0.686. The van der Waals surface area contributed by atoms with Crippen molar-refractivity contribution in [2.75, 3.05) is 0 Å². The van der Waals surface area contributed by atoms with Crippen molar-refractivity contribution < 1.29 is 0 Å². The van der Waals surface area contributed by atoms with Crippen molar-refractivity contribution in [1.82, 2.24) is 0 Å². The third-order valence-electron chi connectivity index (χ3n) is 1.97. The van der Waals surface area contributed by atoms with E-state index < -0.39 is 5.66 Å². The van der Waals surface area contributed by atoms with E-state index in [-0.39, 0.29) is 0 Å². The molecule has 2 nitrogen and oxygen atoms in total. The number of hydrogen-bond acceptors (Lipinski definition) is 3. The van der Waals surface area contributed by atoms with E-state index in [2.05, 4.69) is 9.98 Å². The van der Waals surface area contributed by atoms with Crippen LogP contribution in [0.4, 0.5) is 0 Å². The molecule has 2 rings (SSSR count). The maximum absolute atomic E-state index is 4.95. The Bertz CT molecular complexity index is 356. The zero-order valence-corrected chi connectivity index (χ0v) is 7.74. The summed E-state index contributed by atoms with van der Waals surface area (Å²) in [5.74, 6) is 0. The zero-order chi connectivity index (χ0) is 9.15. The molecule has 0 aliphatic carbocycles. The highest BCUT2D eigenvalue weighted by Gasteiger charge is 2.28. The van der Waals surface area contributed by atoms with Gasteiger partial charge in [0.1, 0.15) is 0 Å². The molecular formula is C10H8N2S. The molecule has 0 fully saturated rings. The zero-order valence-electron chi connectivity index (χ0n) is 6.92. The molecule has 0 N–H and O–H groups in total. The van der Waals surface area contributed by atoms with Crippen molar-refractivity contribution in [3.8, 4) is 0 Å². The minimum atomic E-state index is -0.642. The summed E-state index contributed by atoms with van der Waals surface area (Å²) in [7, 11) is 0. The number of hydrogen-bond donors (Lipinski definition) is 0. The number of aliphatic imine (C=N–C) groups is 2. The van der Waals surface area contributed by atoms with E-state index in [0.29, 0.717) is 0 Å². The van der Waals surface area contributed by atoms with Crippen LogP contribution in [0.25, 0.3) is 0 Å². The Balaban J connectivity index is 2.50. The van der Waals surface area contributed by atoms with Gasteiger partial charge in [-0.2, -0.15) is 0 Å². The van der Waals surface area contributed by atoms with Gasteiger partial charge in [0, 0.05) is 23.4 Å². The summed E-state index contributed by atoms with van der Waals surface area (Å²) in [6.07, 6.45) is 3.35. The Morgan fingerprint density at radius 2 is 1.69 bits per heavy atom. The lowest BCUT2D eigenvalue weighted by Gasteiger charge is -2.17. The molecule has 0 saturated heterocycles. The van der Waals surface area contributed by atoms with Crippen molar-refractivity contribution >= 4 is 30.0 Å². The topological polar surface area (TPSA) is 24.7 Å². The molecule has 1 aromatic carbocycles. The fraction of sp³-hybridized carbons (Fsp3) is 0.100. The van der Waals surface area contributed by atoms with E-state index in [1.165, 1.54) is 0 Å². The molecule has 0 bridgehead atoms. The third kappa shape index (κ3) is 1.31. The van der Waals surface area contributed by atoms with Crippen LogP contribution in [0.15, 0.2) is 40.3 Å². The Hall–Kier alpha value is -1.35. The fourth-order valence-electron chi connectivity index (χ4n) is 1.29. The van der Waals surface area contributed by atoms with Crippen LogP contribution in [0.5, 0.6) is 0 Å². The monoisotopic (exact) mass is 188 g/mol. The Kier molecular flexibility index (Phi) is 2.02. The van der Waals surface area contributed by atoms with Gasteiger partial charge in [-0.1, -0.05) is 42.5 Å². The Morgan fingerprint density at radius 1 is 1.08 bits per heavy atom. The normalized spacial score (nSPS) is 17.5. The lowest BCUT2D eigenvalue weighted by Crippen LogP contribution is -2.19. The molecule has 0 aromatic heterocycles. The average Bonchev–Trinajstić information content (AvgIpc) is 2.69. The summed E-state index contributed by atoms with van der Waals surface area (Å²) in [5, 5.41) is 1.59. The van der Waals surface area contributed by atoms with Gasteiger partial charge in [-0.3, -0.25) is 9.98 Å². The molecule has 0 saturated carbocycles. The van der Waals surface area contributed by atoms with E-state index in [9.17, 15) is 0 Å². The van der Waals surface area contributed by atoms with E-state index in [1.54, 1.807) is 17.8 Å². The van der Waals surface area contributed by atoms with E-state index in [4.69, 9.17) is 12.2 Å². The van der Waals surface area contributed by atoms with Crippen LogP contribution in [-0.2, 0) is 5.66 Å². The second-order valence-electron chi connectivity index (χ2n) is 2.77. The van der Waals surface area contributed by atoms with Crippen molar-refractivity contribution in [2.24, 2.45) is 9.98 Å². The van der Waals surface area contributed by atoms with Crippen LogP contribution in [-0.4, -0.2) is 17.8 Å². The number of nitrogens with zero attached hydrogens (tertiary/aromatic N) is 2. The predicted octanol–water partition coefficient (Wildman–Crippen LogP) is 1.99. The second kappa shape index (κ2) is 3.18. The lowest BCUT2D eigenvalue weighted by atomic mass is 10.0. The van der Waals surface area contributed by atoms with Crippen molar-refractivity contribution in [3.63, 3.8) is 0 Å². The predicted molar refractivity (Wildman–Crippen MR) is 58.8 cm³/mol. The molecule has 0 atom stereocenters. The molecule has 3 heteroatoms. The summed E-state index contributed by atoms with van der Waals surface area (Å²) in [5.41, 5.74) is 0.367. The second-order valence-corrected chi connectivity index (χ2v) is 3.00. The molecule has 13 heavy (non-hydrogen) atoms. The molecule has 1 aromatic rings. The molecule has 0 amide bonds. The van der Waals surface area contributed by atoms with Crippen LogP contribution in [0.1, 0.15) is 5.56 Å². The van der Waals surface area contributed by atoms with Crippen LogP contribution >= 0.6 is 12.2 Å². The van der Waals surface area contributed by atoms with Gasteiger partial charge >= 0.3 is 0 Å². The number of thiocarbonyl (C=S) groups is 1. The minimum Gasteiger partial charge on any atom is -0.252 e. The molecule has 1 aliphatic heterocycles. The van der Waals surface area contributed by atoms with Crippen LogP contribution in [0.2, 0.25) is 0 Å². The quantitative estimate of drug-likeness (QED) is 0.651. The fourth-order valence-corrected chi connectivity index (χ4v) is 1.55. The summed E-state index contributed by atoms with van der Waals surface area (Å²) in [6, 6.07) is 9.83. The standard InChI is InChI=1S/C10H8N2S/c13-8-10(11-6-7-12-10)9-4-2-1-3-5-9/h1-8H. The van der Waals surface area contributed by atoms with Gasteiger partial charge < -0.3 is 0 Å². The van der Waals surface area contributed by atoms with Gasteiger partial charge in [0.15, 0.2) is 0 Å². The van der Waals surface area contributed by atoms with E-state index in [1.807, 2.05) is 30.3 Å². The minimum absolute atomic E-state index is 0.642. The first-order valence-electron chi connectivity index (χ1n) is 3.98. The smallest absolute Gasteiger partial charge is 0.204 e. The van der Waals surface area contributed by atoms with Gasteiger partial charge in [-0.25, -0.2) is 0 Å². The molecule has 64 valence electrons. The van der Waals surface area contributed by atoms with Gasteiger partial charge in [0.2, 0.25) is 5.66 Å². The van der Waals surface area contributed by atoms with Crippen molar-refractivity contribution in [3.05, 3.63) is 35.9 Å². The van der Waals surface area contributed by atoms with Crippen LogP contribution in [0, 0.1) is 0 Å². The maximum Gasteiger partial charge on any atom is 0.204 e. The van der Waals surface area contributed by atoms with Gasteiger partial charge in [0.05, 0.1) is 0 Å². The summed E-state index contributed by atoms with van der Waals surface area (Å²) in [6.45, 7) is 0. The number of rotatable bonds is 2. The molecule has 0 unspecified atom stereocenters. The molecule has 1 heterocycles. The Morgan fingerprint density at radius 3 is 2.23 bits per heavy atom. The highest BCUT2D eigenvalue weighted by molar-refractivity contribution is 7.79. The molecular weight excluding hydrogens is 180 g/mol. The van der Waals surface area contributed by atoms with Gasteiger partial charge in [0.25, 0.3) is 0 Å². The highest BCUT2D eigenvalue weighted by Crippen LogP contribution is 2.26. The van der Waals surface area contributed by atoms with E-state index in [0.717, 1.165) is 5.56 Å². The first kappa shape index (κ1) is 8.26. The summed E-state index contributed by atoms with van der Waals surface area (Å²) in [4.78, 5) is 8.50. The van der Waals surface area contributed by atoms with Crippen LogP contribution < -0.4 is 0 Å². The summed E-state index contributed by atoms with van der Waals surface area (Å²) < 4.78 is 0. The largest absolute Gasteiger partial charge is 0.252 e. The maximum atomic E-state index is 4.95. The Labute approximate surface area is 82.0 Å². The molecule has 0 radical (unpaired) electrons. The molecule has 0 spiro atoms. The SMILES string of the molecule is S=CC1(c2ccccc2)N=CC=N1. The average molecular weight is 188 g/mol. The first-order valence-corrected chi connectivity index (χ1v) is 4.45.